The van der Waals surface area contributed by atoms with Crippen LogP contribution in [0.15, 0.2) is 49.1 Å². The maximum atomic E-state index is 12.9. The number of nitrogens with zero attached hydrogens (tertiary/aromatic N) is 7. The summed E-state index contributed by atoms with van der Waals surface area (Å²) in [6.07, 6.45) is 8.00. The molecule has 3 aromatic heterocycles. The lowest BCUT2D eigenvalue weighted by Crippen LogP contribution is -2.30. The van der Waals surface area contributed by atoms with Gasteiger partial charge in [-0.15, -0.1) is 0 Å². The summed E-state index contributed by atoms with van der Waals surface area (Å²) in [5, 5.41) is 7.10. The zero-order valence-corrected chi connectivity index (χ0v) is 23.2. The number of aryl methyl sites for hydroxylation is 1. The Hall–Kier alpha value is -5.00. The van der Waals surface area contributed by atoms with Gasteiger partial charge in [-0.05, 0) is 67.5 Å². The van der Waals surface area contributed by atoms with Crippen molar-refractivity contribution in [1.82, 2.24) is 29.8 Å². The Balaban J connectivity index is 1.08. The molecule has 12 nitrogen and oxygen atoms in total. The highest BCUT2D eigenvalue weighted by atomic mass is 16.2. The molecule has 4 heterocycles. The number of imide groups is 1. The SMILES string of the molecule is Cc1ccnc(C2C[C@@H]2C(=O)Nc2cc(NCc3cc(N4CC(=O)N(C)C4=O)c4ncc(C5CC5)cc4c3)ncn2)n1. The van der Waals surface area contributed by atoms with E-state index < -0.39 is 0 Å². The van der Waals surface area contributed by atoms with Crippen molar-refractivity contribution < 1.29 is 14.4 Å². The highest BCUT2D eigenvalue weighted by Crippen LogP contribution is 2.46. The van der Waals surface area contributed by atoms with E-state index in [9.17, 15) is 14.4 Å². The van der Waals surface area contributed by atoms with Gasteiger partial charge in [-0.25, -0.2) is 24.7 Å². The fourth-order valence-corrected chi connectivity index (χ4v) is 5.39. The van der Waals surface area contributed by atoms with E-state index in [2.05, 4.69) is 36.6 Å². The predicted octanol–water partition coefficient (Wildman–Crippen LogP) is 3.75. The van der Waals surface area contributed by atoms with Crippen LogP contribution in [0, 0.1) is 12.8 Å². The molecule has 7 rings (SSSR count). The molecule has 3 fully saturated rings. The van der Waals surface area contributed by atoms with Crippen molar-refractivity contribution in [3.8, 4) is 0 Å². The maximum absolute atomic E-state index is 12.9. The van der Waals surface area contributed by atoms with Gasteiger partial charge in [-0.1, -0.05) is 0 Å². The van der Waals surface area contributed by atoms with E-state index in [1.165, 1.54) is 23.8 Å². The van der Waals surface area contributed by atoms with Gasteiger partial charge in [0.15, 0.2) is 0 Å². The fraction of sp³-hybridized carbons (Fsp3) is 0.333. The number of hydrogen-bond acceptors (Lipinski definition) is 9. The number of urea groups is 1. The van der Waals surface area contributed by atoms with E-state index in [4.69, 9.17) is 4.98 Å². The minimum absolute atomic E-state index is 0.0129. The molecule has 2 saturated carbocycles. The standard InChI is InChI=1S/C30H29N9O3/c1-16-5-6-31-28(36-16)21-10-22(21)29(41)37-25-11-24(34-15-35-25)32-12-17-7-19-9-20(18-3-4-18)13-33-27(19)23(8-17)39-14-26(40)38(2)30(39)42/h5-9,11,13,15,18,21-22H,3-4,10,12,14H2,1-2H3,(H2,32,34,35,37,41)/t21?,22-/m0/s1. The quantitative estimate of drug-likeness (QED) is 0.306. The number of likely N-dealkylation sites (N-methyl/N-ethyl adjacent to an activating group) is 1. The smallest absolute Gasteiger partial charge is 0.331 e. The number of fused-ring (bicyclic) bond motifs is 1. The average molecular weight is 564 g/mol. The Labute approximate surface area is 241 Å². The van der Waals surface area contributed by atoms with Gasteiger partial charge >= 0.3 is 6.03 Å². The summed E-state index contributed by atoms with van der Waals surface area (Å²) in [6.45, 7) is 2.27. The summed E-state index contributed by atoms with van der Waals surface area (Å²) < 4.78 is 0. The molecule has 2 N–H and O–H groups in total. The third-order valence-corrected chi connectivity index (χ3v) is 8.03. The lowest BCUT2D eigenvalue weighted by Gasteiger charge is -2.19. The van der Waals surface area contributed by atoms with Crippen LogP contribution in [0.5, 0.6) is 0 Å². The van der Waals surface area contributed by atoms with Crippen molar-refractivity contribution in [2.24, 2.45) is 5.92 Å². The van der Waals surface area contributed by atoms with Gasteiger partial charge < -0.3 is 10.6 Å². The Morgan fingerprint density at radius 3 is 2.64 bits per heavy atom. The molecular weight excluding hydrogens is 534 g/mol. The number of anilines is 3. The monoisotopic (exact) mass is 563 g/mol. The summed E-state index contributed by atoms with van der Waals surface area (Å²) in [4.78, 5) is 62.6. The normalized spacial score (nSPS) is 19.9. The molecule has 1 aliphatic heterocycles. The van der Waals surface area contributed by atoms with Gasteiger partial charge in [0.05, 0.1) is 11.2 Å². The number of nitrogens with one attached hydrogen (secondary N) is 2. The van der Waals surface area contributed by atoms with Gasteiger partial charge in [-0.2, -0.15) is 0 Å². The summed E-state index contributed by atoms with van der Waals surface area (Å²) in [7, 11) is 1.49. The van der Waals surface area contributed by atoms with E-state index in [1.54, 1.807) is 12.3 Å². The molecule has 1 saturated heterocycles. The van der Waals surface area contributed by atoms with Crippen molar-refractivity contribution in [2.75, 3.05) is 29.1 Å². The van der Waals surface area contributed by atoms with E-state index >= 15 is 0 Å². The Bertz CT molecular complexity index is 1760. The minimum Gasteiger partial charge on any atom is -0.366 e. The summed E-state index contributed by atoms with van der Waals surface area (Å²) >= 11 is 0. The third-order valence-electron chi connectivity index (χ3n) is 8.03. The van der Waals surface area contributed by atoms with Gasteiger partial charge in [0.2, 0.25) is 11.8 Å². The lowest BCUT2D eigenvalue weighted by molar-refractivity contribution is -0.124. The lowest BCUT2D eigenvalue weighted by atomic mass is 10.0. The minimum atomic E-state index is -0.373. The number of hydrogen-bond donors (Lipinski definition) is 2. The Morgan fingerprint density at radius 1 is 1.05 bits per heavy atom. The van der Waals surface area contributed by atoms with Crippen LogP contribution in [0.4, 0.5) is 22.1 Å². The molecule has 0 radical (unpaired) electrons. The van der Waals surface area contributed by atoms with Crippen LogP contribution < -0.4 is 15.5 Å². The average Bonchev–Trinajstić information content (AvgIpc) is 3.91. The molecule has 42 heavy (non-hydrogen) atoms. The first-order valence-electron chi connectivity index (χ1n) is 14.0. The van der Waals surface area contributed by atoms with Crippen LogP contribution in [0.1, 0.15) is 53.7 Å². The number of rotatable bonds is 8. The van der Waals surface area contributed by atoms with E-state index in [-0.39, 0.29) is 36.2 Å². The van der Waals surface area contributed by atoms with Crippen molar-refractivity contribution >= 4 is 46.1 Å². The molecule has 2 atom stereocenters. The van der Waals surface area contributed by atoms with Crippen LogP contribution in [-0.4, -0.2) is 61.3 Å². The number of aromatic nitrogens is 5. The maximum Gasteiger partial charge on any atom is 0.331 e. The molecule has 0 bridgehead atoms. The van der Waals surface area contributed by atoms with Gasteiger partial charge in [-0.3, -0.25) is 24.4 Å². The second kappa shape index (κ2) is 10.1. The van der Waals surface area contributed by atoms with Gasteiger partial charge in [0, 0.05) is 55.0 Å². The Morgan fingerprint density at radius 2 is 1.88 bits per heavy atom. The van der Waals surface area contributed by atoms with E-state index in [0.717, 1.165) is 34.4 Å². The highest BCUT2D eigenvalue weighted by Gasteiger charge is 2.46. The molecule has 2 aliphatic carbocycles. The van der Waals surface area contributed by atoms with E-state index in [0.29, 0.717) is 47.5 Å². The largest absolute Gasteiger partial charge is 0.366 e. The predicted molar refractivity (Wildman–Crippen MR) is 155 cm³/mol. The zero-order chi connectivity index (χ0) is 29.0. The molecular formula is C30H29N9O3. The van der Waals surface area contributed by atoms with Crippen LogP contribution in [0.2, 0.25) is 0 Å². The van der Waals surface area contributed by atoms with Crippen molar-refractivity contribution in [1.29, 1.82) is 0 Å². The number of carbonyl (C=O) groups is 3. The van der Waals surface area contributed by atoms with Crippen LogP contribution in [0.3, 0.4) is 0 Å². The molecule has 1 aromatic carbocycles. The molecule has 0 spiro atoms. The third kappa shape index (κ3) is 5.00. The summed E-state index contributed by atoms with van der Waals surface area (Å²) in [5.41, 5.74) is 4.24. The van der Waals surface area contributed by atoms with Crippen molar-refractivity contribution in [3.63, 3.8) is 0 Å². The highest BCUT2D eigenvalue weighted by molar-refractivity contribution is 6.14. The van der Waals surface area contributed by atoms with Crippen molar-refractivity contribution in [2.45, 2.75) is 44.6 Å². The fourth-order valence-electron chi connectivity index (χ4n) is 5.39. The van der Waals surface area contributed by atoms with Gasteiger partial charge in [0.25, 0.3) is 0 Å². The first kappa shape index (κ1) is 25.9. The van der Waals surface area contributed by atoms with Crippen LogP contribution in [0.25, 0.3) is 10.9 Å². The Kier molecular flexibility index (Phi) is 6.25. The number of carbonyl (C=O) groups excluding carboxylic acids is 3. The summed E-state index contributed by atoms with van der Waals surface area (Å²) in [5.74, 6) is 1.59. The molecule has 212 valence electrons. The summed E-state index contributed by atoms with van der Waals surface area (Å²) in [6, 6.07) is 9.20. The number of benzene rings is 1. The number of amides is 4. The first-order chi connectivity index (χ1) is 20.3. The second-order valence-electron chi connectivity index (χ2n) is 11.2. The van der Waals surface area contributed by atoms with Crippen LogP contribution >= 0.6 is 0 Å². The molecule has 4 aromatic rings. The second-order valence-corrected chi connectivity index (χ2v) is 11.2. The molecule has 12 heteroatoms. The van der Waals surface area contributed by atoms with Gasteiger partial charge in [0.1, 0.15) is 30.3 Å². The van der Waals surface area contributed by atoms with Crippen LogP contribution in [-0.2, 0) is 16.1 Å². The topological polar surface area (TPSA) is 146 Å². The number of pyridine rings is 1. The van der Waals surface area contributed by atoms with Crippen molar-refractivity contribution in [3.05, 3.63) is 71.7 Å². The molecule has 4 amide bonds. The molecule has 1 unspecified atom stereocenters. The van der Waals surface area contributed by atoms with E-state index in [1.807, 2.05) is 31.3 Å². The first-order valence-corrected chi connectivity index (χ1v) is 14.0. The zero-order valence-electron chi connectivity index (χ0n) is 23.2. The molecule has 3 aliphatic rings.